The minimum atomic E-state index is 0.287. The fourth-order valence-corrected chi connectivity index (χ4v) is 3.05. The lowest BCUT2D eigenvalue weighted by atomic mass is 10.1. The number of nitrogens with one attached hydrogen (secondary N) is 1. The molecule has 0 saturated carbocycles. The lowest BCUT2D eigenvalue weighted by Gasteiger charge is -2.09. The number of rotatable bonds is 5. The molecule has 2 N–H and O–H groups in total. The van der Waals surface area contributed by atoms with Crippen LogP contribution in [0.25, 0.3) is 22.8 Å². The molecule has 130 valence electrons. The summed E-state index contributed by atoms with van der Waals surface area (Å²) in [5.41, 5.74) is 5.17. The molecule has 5 nitrogen and oxygen atoms in total. The van der Waals surface area contributed by atoms with E-state index in [1.807, 2.05) is 49.8 Å². The van der Waals surface area contributed by atoms with E-state index in [2.05, 4.69) is 31.7 Å². The van der Waals surface area contributed by atoms with E-state index in [-0.39, 0.29) is 5.75 Å². The van der Waals surface area contributed by atoms with Gasteiger partial charge in [-0.05, 0) is 31.0 Å². The molecule has 2 heterocycles. The van der Waals surface area contributed by atoms with Crippen LogP contribution in [0.4, 0.5) is 0 Å². The molecular formula is C21H20N4O. The third kappa shape index (κ3) is 3.24. The minimum absolute atomic E-state index is 0.287. The molecule has 0 bridgehead atoms. The Kier molecular flexibility index (Phi) is 4.27. The Morgan fingerprint density at radius 3 is 2.46 bits per heavy atom. The first-order valence-corrected chi connectivity index (χ1v) is 8.61. The van der Waals surface area contributed by atoms with Crippen molar-refractivity contribution in [1.82, 2.24) is 19.5 Å². The molecule has 0 aliphatic carbocycles. The van der Waals surface area contributed by atoms with Crippen LogP contribution in [0, 0.1) is 6.92 Å². The van der Waals surface area contributed by atoms with Crippen molar-refractivity contribution in [1.29, 1.82) is 0 Å². The van der Waals surface area contributed by atoms with Crippen molar-refractivity contribution < 1.29 is 5.11 Å². The highest BCUT2D eigenvalue weighted by molar-refractivity contribution is 5.75. The summed E-state index contributed by atoms with van der Waals surface area (Å²) in [7, 11) is 0. The highest BCUT2D eigenvalue weighted by Crippen LogP contribution is 2.29. The van der Waals surface area contributed by atoms with Gasteiger partial charge in [-0.1, -0.05) is 42.5 Å². The van der Waals surface area contributed by atoms with Gasteiger partial charge >= 0.3 is 0 Å². The summed E-state index contributed by atoms with van der Waals surface area (Å²) in [5, 5.41) is 9.44. The van der Waals surface area contributed by atoms with Crippen LogP contribution in [0.3, 0.4) is 0 Å². The Morgan fingerprint density at radius 1 is 1.00 bits per heavy atom. The SMILES string of the molecule is Cc1cnc(-c2c(-c3ccccc3)ncn2CCc2ccc(O)cc2)[nH]1. The second kappa shape index (κ2) is 6.88. The van der Waals surface area contributed by atoms with Crippen LogP contribution < -0.4 is 0 Å². The molecule has 0 unspecified atom stereocenters. The number of hydrogen-bond acceptors (Lipinski definition) is 3. The van der Waals surface area contributed by atoms with Gasteiger partial charge in [0, 0.05) is 24.0 Å². The van der Waals surface area contributed by atoms with Gasteiger partial charge in [0.05, 0.1) is 12.0 Å². The number of aryl methyl sites for hydroxylation is 3. The van der Waals surface area contributed by atoms with E-state index in [1.165, 1.54) is 5.56 Å². The standard InChI is InChI=1S/C21H20N4O/c1-15-13-22-21(24-15)20-19(17-5-3-2-4-6-17)23-14-25(20)12-11-16-7-9-18(26)10-8-16/h2-10,13-14,26H,11-12H2,1H3,(H,22,24). The Bertz CT molecular complexity index is 1000. The van der Waals surface area contributed by atoms with Gasteiger partial charge in [-0.15, -0.1) is 0 Å². The third-order valence-electron chi connectivity index (χ3n) is 4.39. The molecule has 0 aliphatic heterocycles. The van der Waals surface area contributed by atoms with Gasteiger partial charge < -0.3 is 14.7 Å². The van der Waals surface area contributed by atoms with Crippen LogP contribution in [0.15, 0.2) is 67.1 Å². The zero-order valence-electron chi connectivity index (χ0n) is 14.6. The van der Waals surface area contributed by atoms with Gasteiger partial charge in [0.15, 0.2) is 5.82 Å². The monoisotopic (exact) mass is 344 g/mol. The first kappa shape index (κ1) is 16.1. The van der Waals surface area contributed by atoms with Crippen molar-refractivity contribution >= 4 is 0 Å². The zero-order chi connectivity index (χ0) is 17.9. The van der Waals surface area contributed by atoms with Crippen LogP contribution >= 0.6 is 0 Å². The smallest absolute Gasteiger partial charge is 0.156 e. The van der Waals surface area contributed by atoms with E-state index < -0.39 is 0 Å². The zero-order valence-corrected chi connectivity index (χ0v) is 14.6. The van der Waals surface area contributed by atoms with Crippen molar-refractivity contribution in [3.63, 3.8) is 0 Å². The van der Waals surface area contributed by atoms with Gasteiger partial charge in [-0.25, -0.2) is 9.97 Å². The number of phenolic OH excluding ortho intramolecular Hbond substituents is 1. The summed E-state index contributed by atoms with van der Waals surface area (Å²) in [5.74, 6) is 1.11. The number of H-pyrrole nitrogens is 1. The summed E-state index contributed by atoms with van der Waals surface area (Å²) >= 11 is 0. The van der Waals surface area contributed by atoms with E-state index in [4.69, 9.17) is 0 Å². The summed E-state index contributed by atoms with van der Waals surface area (Å²) in [6.07, 6.45) is 4.55. The Balaban J connectivity index is 1.70. The molecule has 2 aromatic carbocycles. The molecule has 4 rings (SSSR count). The van der Waals surface area contributed by atoms with E-state index in [0.717, 1.165) is 41.4 Å². The summed E-state index contributed by atoms with van der Waals surface area (Å²) < 4.78 is 2.13. The Labute approximate surface area is 152 Å². The topological polar surface area (TPSA) is 66.7 Å². The van der Waals surface area contributed by atoms with Crippen molar-refractivity contribution in [3.8, 4) is 28.5 Å². The number of benzene rings is 2. The highest BCUT2D eigenvalue weighted by Gasteiger charge is 2.17. The highest BCUT2D eigenvalue weighted by atomic mass is 16.3. The molecule has 0 radical (unpaired) electrons. The quantitative estimate of drug-likeness (QED) is 0.570. The van der Waals surface area contributed by atoms with Crippen LogP contribution in [0.1, 0.15) is 11.3 Å². The molecule has 0 spiro atoms. The molecule has 5 heteroatoms. The predicted octanol–water partition coefficient (Wildman–Crippen LogP) is 4.20. The third-order valence-corrected chi connectivity index (χ3v) is 4.39. The van der Waals surface area contributed by atoms with E-state index in [0.29, 0.717) is 0 Å². The molecule has 4 aromatic rings. The van der Waals surface area contributed by atoms with Crippen molar-refractivity contribution in [2.45, 2.75) is 19.9 Å². The van der Waals surface area contributed by atoms with Crippen molar-refractivity contribution in [3.05, 3.63) is 78.4 Å². The maximum atomic E-state index is 9.44. The number of aromatic amines is 1. The van der Waals surface area contributed by atoms with Gasteiger partial charge in [0.1, 0.15) is 11.4 Å². The van der Waals surface area contributed by atoms with Crippen molar-refractivity contribution in [2.75, 3.05) is 0 Å². The van der Waals surface area contributed by atoms with E-state index in [1.54, 1.807) is 12.1 Å². The number of aromatic nitrogens is 4. The fraction of sp³-hybridized carbons (Fsp3) is 0.143. The lowest BCUT2D eigenvalue weighted by molar-refractivity contribution is 0.475. The average molecular weight is 344 g/mol. The van der Waals surface area contributed by atoms with Crippen LogP contribution in [-0.4, -0.2) is 24.6 Å². The maximum absolute atomic E-state index is 9.44. The maximum Gasteiger partial charge on any atom is 0.156 e. The lowest BCUT2D eigenvalue weighted by Crippen LogP contribution is -2.03. The largest absolute Gasteiger partial charge is 0.508 e. The predicted molar refractivity (Wildman–Crippen MR) is 102 cm³/mol. The van der Waals surface area contributed by atoms with Gasteiger partial charge in [0.2, 0.25) is 0 Å². The Hall–Kier alpha value is -3.34. The van der Waals surface area contributed by atoms with E-state index >= 15 is 0 Å². The minimum Gasteiger partial charge on any atom is -0.508 e. The van der Waals surface area contributed by atoms with Gasteiger partial charge in [-0.3, -0.25) is 0 Å². The van der Waals surface area contributed by atoms with Crippen LogP contribution in [-0.2, 0) is 13.0 Å². The number of phenols is 1. The summed E-state index contributed by atoms with van der Waals surface area (Å²) in [4.78, 5) is 12.5. The first-order valence-electron chi connectivity index (χ1n) is 8.61. The molecular weight excluding hydrogens is 324 g/mol. The molecule has 2 aromatic heterocycles. The summed E-state index contributed by atoms with van der Waals surface area (Å²) in [6.45, 7) is 2.77. The molecule has 26 heavy (non-hydrogen) atoms. The average Bonchev–Trinajstić information content (AvgIpc) is 3.28. The second-order valence-electron chi connectivity index (χ2n) is 6.33. The van der Waals surface area contributed by atoms with Crippen LogP contribution in [0.2, 0.25) is 0 Å². The molecule has 0 amide bonds. The van der Waals surface area contributed by atoms with Gasteiger partial charge in [0.25, 0.3) is 0 Å². The fourth-order valence-electron chi connectivity index (χ4n) is 3.05. The molecule has 0 atom stereocenters. The molecule has 0 fully saturated rings. The number of imidazole rings is 2. The number of nitrogens with zero attached hydrogens (tertiary/aromatic N) is 3. The molecule has 0 aliphatic rings. The first-order chi connectivity index (χ1) is 12.7. The van der Waals surface area contributed by atoms with Crippen LogP contribution in [0.5, 0.6) is 5.75 Å². The normalized spacial score (nSPS) is 11.0. The molecule has 0 saturated heterocycles. The van der Waals surface area contributed by atoms with Gasteiger partial charge in [-0.2, -0.15) is 0 Å². The van der Waals surface area contributed by atoms with E-state index in [9.17, 15) is 5.11 Å². The number of aromatic hydroxyl groups is 1. The second-order valence-corrected chi connectivity index (χ2v) is 6.33. The Morgan fingerprint density at radius 2 is 1.77 bits per heavy atom. The summed E-state index contributed by atoms with van der Waals surface area (Å²) in [6, 6.07) is 17.5. The van der Waals surface area contributed by atoms with Crippen molar-refractivity contribution in [2.24, 2.45) is 0 Å². The number of hydrogen-bond donors (Lipinski definition) is 2.